The lowest BCUT2D eigenvalue weighted by molar-refractivity contribution is -0.125. The van der Waals surface area contributed by atoms with Crippen molar-refractivity contribution in [1.29, 1.82) is 0 Å². The Morgan fingerprint density at radius 2 is 1.90 bits per heavy atom. The van der Waals surface area contributed by atoms with Crippen LogP contribution in [0.5, 0.6) is 0 Å². The van der Waals surface area contributed by atoms with Gasteiger partial charge in [0.05, 0.1) is 10.6 Å². The third kappa shape index (κ3) is 4.29. The van der Waals surface area contributed by atoms with E-state index in [-0.39, 0.29) is 5.02 Å². The first kappa shape index (κ1) is 17.7. The van der Waals surface area contributed by atoms with Gasteiger partial charge in [0.2, 0.25) is 15.9 Å². The fraction of sp³-hybridized carbons (Fsp3) is 0.200. The van der Waals surface area contributed by atoms with Crippen molar-refractivity contribution in [3.05, 3.63) is 27.7 Å². The van der Waals surface area contributed by atoms with Crippen LogP contribution in [0.15, 0.2) is 17.0 Å². The van der Waals surface area contributed by atoms with Crippen LogP contribution in [-0.4, -0.2) is 43.2 Å². The number of aliphatic hydroxyl groups is 1. The van der Waals surface area contributed by atoms with Crippen LogP contribution in [0.25, 0.3) is 0 Å². The number of primary amides is 1. The van der Waals surface area contributed by atoms with E-state index in [1.165, 1.54) is 0 Å². The Hall–Kier alpha value is -1.39. The number of nitrogens with two attached hydrogens (primary N) is 1. The molecule has 8 nitrogen and oxygen atoms in total. The summed E-state index contributed by atoms with van der Waals surface area (Å²) in [6.45, 7) is -0.692. The number of carbonyl (C=O) groups is 2. The number of benzene rings is 1. The van der Waals surface area contributed by atoms with Crippen molar-refractivity contribution >= 4 is 45.1 Å². The molecule has 0 heterocycles. The molecule has 11 heteroatoms. The molecule has 0 aliphatic heterocycles. The molecule has 1 unspecified atom stereocenters. The van der Waals surface area contributed by atoms with Crippen molar-refractivity contribution in [3.8, 4) is 0 Å². The molecule has 0 aromatic heterocycles. The van der Waals surface area contributed by atoms with Gasteiger partial charge in [0.25, 0.3) is 0 Å². The summed E-state index contributed by atoms with van der Waals surface area (Å²) in [5.41, 5.74) is 4.27. The minimum atomic E-state index is -4.30. The molecule has 0 saturated heterocycles. The number of aliphatic hydroxyl groups excluding tert-OH is 1. The van der Waals surface area contributed by atoms with Crippen LogP contribution in [0.1, 0.15) is 10.4 Å². The second-order valence-electron chi connectivity index (χ2n) is 3.84. The average Bonchev–Trinajstić information content (AvgIpc) is 2.37. The van der Waals surface area contributed by atoms with Crippen LogP contribution in [0.2, 0.25) is 10.0 Å². The van der Waals surface area contributed by atoms with Crippen LogP contribution in [-0.2, 0) is 14.8 Å². The lowest BCUT2D eigenvalue weighted by Crippen LogP contribution is -2.40. The van der Waals surface area contributed by atoms with E-state index in [2.05, 4.69) is 0 Å². The highest BCUT2D eigenvalue weighted by atomic mass is 35.5. The maximum atomic E-state index is 12.0. The molecule has 1 aromatic rings. The molecule has 5 N–H and O–H groups in total. The van der Waals surface area contributed by atoms with E-state index < -0.39 is 50.0 Å². The molecule has 0 aliphatic rings. The summed E-state index contributed by atoms with van der Waals surface area (Å²) < 4.78 is 25.9. The molecular weight excluding hydrogens is 347 g/mol. The van der Waals surface area contributed by atoms with Crippen LogP contribution in [0.3, 0.4) is 0 Å². The number of nitrogens with one attached hydrogen (secondary N) is 1. The van der Waals surface area contributed by atoms with Gasteiger partial charge in [0, 0.05) is 11.6 Å². The molecule has 0 spiro atoms. The molecule has 21 heavy (non-hydrogen) atoms. The molecular formula is C10H10Cl2N2O6S. The molecule has 1 rings (SSSR count). The van der Waals surface area contributed by atoms with Gasteiger partial charge < -0.3 is 15.9 Å². The molecule has 1 aromatic carbocycles. The Morgan fingerprint density at radius 3 is 2.38 bits per heavy atom. The molecule has 0 aliphatic carbocycles. The van der Waals surface area contributed by atoms with Crippen LogP contribution < -0.4 is 10.5 Å². The number of rotatable bonds is 6. The number of carbonyl (C=O) groups excluding carboxylic acids is 1. The summed E-state index contributed by atoms with van der Waals surface area (Å²) in [6, 6.07) is 1.93. The highest BCUT2D eigenvalue weighted by Crippen LogP contribution is 2.29. The van der Waals surface area contributed by atoms with Crippen LogP contribution in [0.4, 0.5) is 0 Å². The number of hydrogen-bond donors (Lipinski definition) is 4. The quantitative estimate of drug-likeness (QED) is 0.555. The molecule has 0 bridgehead atoms. The zero-order chi connectivity index (χ0) is 16.4. The van der Waals surface area contributed by atoms with E-state index in [4.69, 9.17) is 39.1 Å². The smallest absolute Gasteiger partial charge is 0.337 e. The van der Waals surface area contributed by atoms with E-state index in [0.29, 0.717) is 0 Å². The zero-order valence-electron chi connectivity index (χ0n) is 10.2. The predicted octanol–water partition coefficient (Wildman–Crippen LogP) is -0.184. The number of sulfonamides is 1. The topological polar surface area (TPSA) is 147 Å². The van der Waals surface area contributed by atoms with Crippen molar-refractivity contribution in [1.82, 2.24) is 4.72 Å². The first-order chi connectivity index (χ1) is 9.56. The maximum absolute atomic E-state index is 12.0. The second-order valence-corrected chi connectivity index (χ2v) is 6.39. The number of hydrogen-bond acceptors (Lipinski definition) is 5. The third-order valence-corrected chi connectivity index (χ3v) is 4.50. The number of carboxylic acids is 1. The van der Waals surface area contributed by atoms with Gasteiger partial charge in [-0.05, 0) is 12.1 Å². The van der Waals surface area contributed by atoms with Crippen molar-refractivity contribution in [2.45, 2.75) is 11.0 Å². The van der Waals surface area contributed by atoms with Crippen LogP contribution in [0, 0.1) is 0 Å². The minimum Gasteiger partial charge on any atom is -0.478 e. The number of halogens is 2. The van der Waals surface area contributed by atoms with Crippen molar-refractivity contribution in [3.63, 3.8) is 0 Å². The first-order valence-corrected chi connectivity index (χ1v) is 7.49. The number of amides is 1. The summed E-state index contributed by atoms with van der Waals surface area (Å²) in [5, 5.41) is 17.4. The average molecular weight is 357 g/mol. The van der Waals surface area contributed by atoms with E-state index in [9.17, 15) is 18.0 Å². The number of aromatic carboxylic acids is 1. The number of carboxylic acid groups (broad SMARTS) is 1. The largest absolute Gasteiger partial charge is 0.478 e. The Balaban J connectivity index is 3.20. The Kier molecular flexibility index (Phi) is 5.54. The van der Waals surface area contributed by atoms with Gasteiger partial charge in [-0.2, -0.15) is 0 Å². The normalized spacial score (nSPS) is 12.9. The standard InChI is InChI=1S/C10H10Cl2N2O6S/c11-4-1-5(10(17)18)8(12)7(2-4)21(19,20)14-3-6(15)9(13)16/h1-2,6,14-15H,3H2,(H2,13,16)(H,17,18). The SMILES string of the molecule is NC(=O)C(O)CNS(=O)(=O)c1cc(Cl)cc(C(=O)O)c1Cl. The highest BCUT2D eigenvalue weighted by molar-refractivity contribution is 7.89. The van der Waals surface area contributed by atoms with E-state index >= 15 is 0 Å². The fourth-order valence-electron chi connectivity index (χ4n) is 1.28. The first-order valence-electron chi connectivity index (χ1n) is 5.25. The van der Waals surface area contributed by atoms with Gasteiger partial charge in [0.15, 0.2) is 0 Å². The van der Waals surface area contributed by atoms with Gasteiger partial charge in [-0.15, -0.1) is 0 Å². The summed E-state index contributed by atoms with van der Waals surface area (Å²) in [4.78, 5) is 21.0. The van der Waals surface area contributed by atoms with E-state index in [1.54, 1.807) is 0 Å². The van der Waals surface area contributed by atoms with E-state index in [1.807, 2.05) is 4.72 Å². The van der Waals surface area contributed by atoms with Crippen molar-refractivity contribution < 1.29 is 28.2 Å². The molecule has 0 fully saturated rings. The molecule has 1 atom stereocenters. The zero-order valence-corrected chi connectivity index (χ0v) is 12.5. The monoisotopic (exact) mass is 356 g/mol. The molecule has 0 radical (unpaired) electrons. The van der Waals surface area contributed by atoms with Gasteiger partial charge in [-0.3, -0.25) is 4.79 Å². The van der Waals surface area contributed by atoms with Gasteiger partial charge in [-0.1, -0.05) is 23.2 Å². The van der Waals surface area contributed by atoms with Crippen molar-refractivity contribution in [2.24, 2.45) is 5.73 Å². The Morgan fingerprint density at radius 1 is 1.33 bits per heavy atom. The van der Waals surface area contributed by atoms with E-state index in [0.717, 1.165) is 12.1 Å². The van der Waals surface area contributed by atoms with Gasteiger partial charge in [0.1, 0.15) is 11.0 Å². The Labute approximate surface area is 129 Å². The fourth-order valence-corrected chi connectivity index (χ4v) is 3.22. The molecule has 116 valence electrons. The van der Waals surface area contributed by atoms with Crippen molar-refractivity contribution in [2.75, 3.05) is 6.54 Å². The highest BCUT2D eigenvalue weighted by Gasteiger charge is 2.25. The Bertz CT molecular complexity index is 691. The second kappa shape index (κ2) is 6.58. The lowest BCUT2D eigenvalue weighted by Gasteiger charge is -2.12. The third-order valence-electron chi connectivity index (χ3n) is 2.32. The minimum absolute atomic E-state index is 0.160. The summed E-state index contributed by atoms with van der Waals surface area (Å²) in [7, 11) is -4.30. The summed E-state index contributed by atoms with van der Waals surface area (Å²) in [5.74, 6) is -2.59. The van der Waals surface area contributed by atoms with Gasteiger partial charge in [-0.25, -0.2) is 17.9 Å². The molecule has 1 amide bonds. The van der Waals surface area contributed by atoms with Gasteiger partial charge >= 0.3 is 5.97 Å². The summed E-state index contributed by atoms with van der Waals surface area (Å²) >= 11 is 11.4. The van der Waals surface area contributed by atoms with Crippen LogP contribution >= 0.6 is 23.2 Å². The molecule has 0 saturated carbocycles. The lowest BCUT2D eigenvalue weighted by atomic mass is 10.2. The summed E-state index contributed by atoms with van der Waals surface area (Å²) in [6.07, 6.45) is -1.74. The maximum Gasteiger partial charge on any atom is 0.337 e. The predicted molar refractivity (Wildman–Crippen MR) is 73.8 cm³/mol.